The van der Waals surface area contributed by atoms with Crippen LogP contribution >= 0.6 is 0 Å². The van der Waals surface area contributed by atoms with Crippen LogP contribution in [0.5, 0.6) is 11.5 Å². The largest absolute Gasteiger partial charge is 0.493 e. The highest BCUT2D eigenvalue weighted by molar-refractivity contribution is 5.76. The van der Waals surface area contributed by atoms with Crippen molar-refractivity contribution in [3.05, 3.63) is 66.0 Å². The smallest absolute Gasteiger partial charge is 0.161 e. The maximum Gasteiger partial charge on any atom is 0.161 e. The Morgan fingerprint density at radius 1 is 1.08 bits per heavy atom. The highest BCUT2D eigenvalue weighted by Gasteiger charge is 2.12. The SMILES string of the molecule is C=C(C)Cn1c(Cc2ccc(OC)c(OC)c2)nc2ccccc21. The Labute approximate surface area is 142 Å². The minimum absolute atomic E-state index is 0.725. The molecule has 0 amide bonds. The second kappa shape index (κ2) is 6.79. The van der Waals surface area contributed by atoms with Gasteiger partial charge in [0.15, 0.2) is 11.5 Å². The Balaban J connectivity index is 2.02. The average Bonchev–Trinajstić information content (AvgIpc) is 2.91. The number of ether oxygens (including phenoxy) is 2. The lowest BCUT2D eigenvalue weighted by molar-refractivity contribution is 0.354. The number of hydrogen-bond acceptors (Lipinski definition) is 3. The Kier molecular flexibility index (Phi) is 4.56. The predicted molar refractivity (Wildman–Crippen MR) is 96.9 cm³/mol. The molecule has 24 heavy (non-hydrogen) atoms. The van der Waals surface area contributed by atoms with Gasteiger partial charge in [0.05, 0.1) is 25.3 Å². The third-order valence-electron chi connectivity index (χ3n) is 3.97. The van der Waals surface area contributed by atoms with Gasteiger partial charge < -0.3 is 14.0 Å². The second-order valence-corrected chi connectivity index (χ2v) is 5.93. The number of imidazole rings is 1. The first-order chi connectivity index (χ1) is 11.6. The number of methoxy groups -OCH3 is 2. The van der Waals surface area contributed by atoms with Crippen LogP contribution in [0.3, 0.4) is 0 Å². The first kappa shape index (κ1) is 16.1. The molecule has 3 aromatic rings. The molecule has 0 aliphatic rings. The highest BCUT2D eigenvalue weighted by atomic mass is 16.5. The minimum atomic E-state index is 0.725. The molecule has 0 spiro atoms. The number of fused-ring (bicyclic) bond motifs is 1. The monoisotopic (exact) mass is 322 g/mol. The summed E-state index contributed by atoms with van der Waals surface area (Å²) >= 11 is 0. The fourth-order valence-corrected chi connectivity index (χ4v) is 2.88. The van der Waals surface area contributed by atoms with Crippen molar-refractivity contribution in [3.63, 3.8) is 0 Å². The van der Waals surface area contributed by atoms with Gasteiger partial charge in [0.1, 0.15) is 5.82 Å². The van der Waals surface area contributed by atoms with E-state index in [0.29, 0.717) is 0 Å². The summed E-state index contributed by atoms with van der Waals surface area (Å²) in [5.41, 5.74) is 4.38. The standard InChI is InChI=1S/C20H22N2O2/c1-14(2)13-22-17-8-6-5-7-16(17)21-20(22)12-15-9-10-18(23-3)19(11-15)24-4/h5-11H,1,12-13H2,2-4H3. The van der Waals surface area contributed by atoms with E-state index in [1.54, 1.807) is 14.2 Å². The predicted octanol–water partition coefficient (Wildman–Crippen LogP) is 4.22. The van der Waals surface area contributed by atoms with Crippen molar-refractivity contribution in [2.45, 2.75) is 19.9 Å². The van der Waals surface area contributed by atoms with Gasteiger partial charge in [0.25, 0.3) is 0 Å². The molecule has 0 aliphatic carbocycles. The molecule has 0 N–H and O–H groups in total. The van der Waals surface area contributed by atoms with E-state index in [1.165, 1.54) is 0 Å². The molecule has 3 rings (SSSR count). The van der Waals surface area contributed by atoms with Crippen LogP contribution in [0.25, 0.3) is 11.0 Å². The number of aromatic nitrogens is 2. The molecule has 0 radical (unpaired) electrons. The molecule has 124 valence electrons. The number of para-hydroxylation sites is 2. The molecule has 2 aromatic carbocycles. The van der Waals surface area contributed by atoms with Gasteiger partial charge >= 0.3 is 0 Å². The quantitative estimate of drug-likeness (QED) is 0.638. The molecule has 1 aromatic heterocycles. The van der Waals surface area contributed by atoms with Gasteiger partial charge in [-0.15, -0.1) is 0 Å². The number of rotatable bonds is 6. The van der Waals surface area contributed by atoms with Crippen molar-refractivity contribution in [2.24, 2.45) is 0 Å². The van der Waals surface area contributed by atoms with E-state index >= 15 is 0 Å². The zero-order valence-corrected chi connectivity index (χ0v) is 14.4. The second-order valence-electron chi connectivity index (χ2n) is 5.93. The van der Waals surface area contributed by atoms with Crippen LogP contribution in [0.2, 0.25) is 0 Å². The Morgan fingerprint density at radius 3 is 2.54 bits per heavy atom. The summed E-state index contributed by atoms with van der Waals surface area (Å²) in [6.07, 6.45) is 0.725. The first-order valence-electron chi connectivity index (χ1n) is 7.91. The van der Waals surface area contributed by atoms with Crippen LogP contribution in [-0.4, -0.2) is 23.8 Å². The molecule has 0 aliphatic heterocycles. The third kappa shape index (κ3) is 3.13. The molecule has 0 unspecified atom stereocenters. The highest BCUT2D eigenvalue weighted by Crippen LogP contribution is 2.29. The fraction of sp³-hybridized carbons (Fsp3) is 0.250. The average molecular weight is 322 g/mol. The molecular formula is C20H22N2O2. The molecular weight excluding hydrogens is 300 g/mol. The van der Waals surface area contributed by atoms with Gasteiger partial charge in [-0.05, 0) is 36.8 Å². The summed E-state index contributed by atoms with van der Waals surface area (Å²) < 4.78 is 12.9. The van der Waals surface area contributed by atoms with Gasteiger partial charge in [0, 0.05) is 13.0 Å². The Hall–Kier alpha value is -2.75. The molecule has 0 fully saturated rings. The number of allylic oxidation sites excluding steroid dienone is 1. The third-order valence-corrected chi connectivity index (χ3v) is 3.97. The van der Waals surface area contributed by atoms with Gasteiger partial charge in [-0.1, -0.05) is 30.4 Å². The van der Waals surface area contributed by atoms with E-state index in [4.69, 9.17) is 14.5 Å². The number of nitrogens with zero attached hydrogens (tertiary/aromatic N) is 2. The molecule has 0 atom stereocenters. The first-order valence-corrected chi connectivity index (χ1v) is 7.91. The molecule has 0 saturated heterocycles. The number of benzene rings is 2. The molecule has 0 bridgehead atoms. The maximum absolute atomic E-state index is 5.40. The Morgan fingerprint density at radius 2 is 1.83 bits per heavy atom. The van der Waals surface area contributed by atoms with Crippen LogP contribution in [0, 0.1) is 0 Å². The van der Waals surface area contributed by atoms with E-state index in [0.717, 1.165) is 52.5 Å². The van der Waals surface area contributed by atoms with E-state index in [2.05, 4.69) is 17.2 Å². The van der Waals surface area contributed by atoms with Crippen molar-refractivity contribution < 1.29 is 9.47 Å². The summed E-state index contributed by atoms with van der Waals surface area (Å²) in [6.45, 7) is 6.85. The normalized spacial score (nSPS) is 10.8. The van der Waals surface area contributed by atoms with E-state index in [1.807, 2.05) is 43.3 Å². The van der Waals surface area contributed by atoms with Crippen molar-refractivity contribution in [1.82, 2.24) is 9.55 Å². The summed E-state index contributed by atoms with van der Waals surface area (Å²) in [5, 5.41) is 0. The lowest BCUT2D eigenvalue weighted by atomic mass is 10.1. The van der Waals surface area contributed by atoms with Crippen LogP contribution < -0.4 is 9.47 Å². The van der Waals surface area contributed by atoms with Gasteiger partial charge in [-0.25, -0.2) is 4.98 Å². The van der Waals surface area contributed by atoms with E-state index < -0.39 is 0 Å². The molecule has 4 heteroatoms. The van der Waals surface area contributed by atoms with E-state index in [-0.39, 0.29) is 0 Å². The Bertz CT molecular complexity index is 880. The van der Waals surface area contributed by atoms with Crippen LogP contribution in [-0.2, 0) is 13.0 Å². The van der Waals surface area contributed by atoms with Crippen LogP contribution in [0.15, 0.2) is 54.6 Å². The van der Waals surface area contributed by atoms with Gasteiger partial charge in [0.2, 0.25) is 0 Å². The summed E-state index contributed by atoms with van der Waals surface area (Å²) in [7, 11) is 3.29. The fourth-order valence-electron chi connectivity index (χ4n) is 2.88. The molecule has 4 nitrogen and oxygen atoms in total. The topological polar surface area (TPSA) is 36.3 Å². The molecule has 0 saturated carbocycles. The van der Waals surface area contributed by atoms with Crippen LogP contribution in [0.1, 0.15) is 18.3 Å². The summed E-state index contributed by atoms with van der Waals surface area (Å²) in [5.74, 6) is 2.49. The summed E-state index contributed by atoms with van der Waals surface area (Å²) in [4.78, 5) is 4.81. The van der Waals surface area contributed by atoms with Crippen molar-refractivity contribution in [3.8, 4) is 11.5 Å². The van der Waals surface area contributed by atoms with Gasteiger partial charge in [-0.3, -0.25) is 0 Å². The lowest BCUT2D eigenvalue weighted by Crippen LogP contribution is -2.05. The van der Waals surface area contributed by atoms with Crippen LogP contribution in [0.4, 0.5) is 0 Å². The number of hydrogen-bond donors (Lipinski definition) is 0. The van der Waals surface area contributed by atoms with E-state index in [9.17, 15) is 0 Å². The van der Waals surface area contributed by atoms with Crippen molar-refractivity contribution in [1.29, 1.82) is 0 Å². The lowest BCUT2D eigenvalue weighted by Gasteiger charge is -2.11. The van der Waals surface area contributed by atoms with Crippen molar-refractivity contribution >= 4 is 11.0 Å². The summed E-state index contributed by atoms with van der Waals surface area (Å²) in [6, 6.07) is 14.2. The molecule has 1 heterocycles. The minimum Gasteiger partial charge on any atom is -0.493 e. The zero-order chi connectivity index (χ0) is 17.1. The van der Waals surface area contributed by atoms with Gasteiger partial charge in [-0.2, -0.15) is 0 Å². The zero-order valence-electron chi connectivity index (χ0n) is 14.4. The van der Waals surface area contributed by atoms with Crippen molar-refractivity contribution in [2.75, 3.05) is 14.2 Å². The maximum atomic E-state index is 5.40.